The molecular formula is C11H11F3N2O3. The molecule has 0 radical (unpaired) electrons. The van der Waals surface area contributed by atoms with Crippen molar-refractivity contribution in [1.29, 1.82) is 0 Å². The van der Waals surface area contributed by atoms with Crippen molar-refractivity contribution >= 4 is 6.09 Å². The molecule has 1 aromatic rings. The van der Waals surface area contributed by atoms with Crippen LogP contribution in [0.5, 0.6) is 5.88 Å². The molecule has 0 atom stereocenters. The van der Waals surface area contributed by atoms with Gasteiger partial charge in [0, 0.05) is 25.4 Å². The number of hydrogen-bond donors (Lipinski definition) is 0. The molecule has 19 heavy (non-hydrogen) atoms. The van der Waals surface area contributed by atoms with E-state index in [2.05, 4.69) is 4.98 Å². The molecule has 1 aromatic heterocycles. The fourth-order valence-corrected chi connectivity index (χ4v) is 1.54. The van der Waals surface area contributed by atoms with Crippen LogP contribution < -0.4 is 4.74 Å². The summed E-state index contributed by atoms with van der Waals surface area (Å²) in [5.41, 5.74) is -0.910. The van der Waals surface area contributed by atoms with Gasteiger partial charge in [-0.25, -0.2) is 9.78 Å². The molecule has 2 heterocycles. The summed E-state index contributed by atoms with van der Waals surface area (Å²) in [5.74, 6) is -0.369. The van der Waals surface area contributed by atoms with Crippen LogP contribution in [-0.2, 0) is 10.9 Å². The number of halogens is 3. The van der Waals surface area contributed by atoms with Gasteiger partial charge in [0.25, 0.3) is 0 Å². The maximum absolute atomic E-state index is 12.5. The van der Waals surface area contributed by atoms with Crippen molar-refractivity contribution in [2.24, 2.45) is 0 Å². The fourth-order valence-electron chi connectivity index (χ4n) is 1.54. The van der Waals surface area contributed by atoms with Gasteiger partial charge in [-0.3, -0.25) is 0 Å². The van der Waals surface area contributed by atoms with Crippen LogP contribution in [0.2, 0.25) is 0 Å². The predicted octanol–water partition coefficient (Wildman–Crippen LogP) is 1.93. The van der Waals surface area contributed by atoms with Crippen LogP contribution in [0.1, 0.15) is 5.56 Å². The van der Waals surface area contributed by atoms with Crippen LogP contribution in [0.3, 0.4) is 0 Å². The molecule has 2 rings (SSSR count). The van der Waals surface area contributed by atoms with E-state index in [0.29, 0.717) is 32.4 Å². The number of rotatable bonds is 1. The number of carbonyl (C=O) groups excluding carboxylic acids is 1. The number of aromatic nitrogens is 1. The number of amides is 1. The van der Waals surface area contributed by atoms with Crippen LogP contribution in [0.4, 0.5) is 18.0 Å². The second kappa shape index (κ2) is 5.43. The van der Waals surface area contributed by atoms with Gasteiger partial charge in [-0.2, -0.15) is 13.2 Å². The Balaban J connectivity index is 2.04. The van der Waals surface area contributed by atoms with Gasteiger partial charge in [-0.15, -0.1) is 0 Å². The summed E-state index contributed by atoms with van der Waals surface area (Å²) in [6.07, 6.45) is -4.27. The first kappa shape index (κ1) is 13.6. The Hall–Kier alpha value is -1.83. The second-order valence-electron chi connectivity index (χ2n) is 3.85. The molecule has 0 aliphatic carbocycles. The quantitative estimate of drug-likeness (QED) is 0.786. The van der Waals surface area contributed by atoms with E-state index in [1.165, 1.54) is 4.90 Å². The molecule has 0 N–H and O–H groups in total. The highest BCUT2D eigenvalue weighted by Crippen LogP contribution is 2.30. The first-order chi connectivity index (χ1) is 8.97. The molecule has 1 aliphatic rings. The summed E-state index contributed by atoms with van der Waals surface area (Å²) in [4.78, 5) is 16.6. The van der Waals surface area contributed by atoms with Crippen molar-refractivity contribution in [3.05, 3.63) is 23.9 Å². The summed E-state index contributed by atoms with van der Waals surface area (Å²) >= 11 is 0. The summed E-state index contributed by atoms with van der Waals surface area (Å²) < 4.78 is 47.3. The number of nitrogens with zero attached hydrogens (tertiary/aromatic N) is 2. The lowest BCUT2D eigenvalue weighted by Gasteiger charge is -2.25. The number of ether oxygens (including phenoxy) is 2. The number of carbonyl (C=O) groups is 1. The van der Waals surface area contributed by atoms with Gasteiger partial charge in [0.15, 0.2) is 0 Å². The van der Waals surface area contributed by atoms with Crippen molar-refractivity contribution in [3.63, 3.8) is 0 Å². The summed E-state index contributed by atoms with van der Waals surface area (Å²) in [7, 11) is 0. The molecule has 0 bridgehead atoms. The smallest absolute Gasteiger partial charge is 0.391 e. The van der Waals surface area contributed by atoms with Gasteiger partial charge < -0.3 is 14.4 Å². The lowest BCUT2D eigenvalue weighted by Crippen LogP contribution is -2.42. The van der Waals surface area contributed by atoms with Crippen LogP contribution >= 0.6 is 0 Å². The molecule has 0 aromatic carbocycles. The van der Waals surface area contributed by atoms with Gasteiger partial charge in [0.05, 0.1) is 18.8 Å². The number of hydrogen-bond acceptors (Lipinski definition) is 4. The zero-order chi connectivity index (χ0) is 13.9. The largest absolute Gasteiger partial charge is 0.416 e. The zero-order valence-electron chi connectivity index (χ0n) is 9.81. The lowest BCUT2D eigenvalue weighted by molar-refractivity contribution is -0.137. The summed E-state index contributed by atoms with van der Waals surface area (Å²) in [5, 5.41) is 0. The maximum Gasteiger partial charge on any atom is 0.416 e. The van der Waals surface area contributed by atoms with E-state index in [-0.39, 0.29) is 5.88 Å². The third kappa shape index (κ3) is 3.57. The third-order valence-corrected chi connectivity index (χ3v) is 2.52. The van der Waals surface area contributed by atoms with Crippen molar-refractivity contribution in [2.75, 3.05) is 26.3 Å². The van der Waals surface area contributed by atoms with E-state index >= 15 is 0 Å². The average Bonchev–Trinajstić information content (AvgIpc) is 2.39. The fraction of sp³-hybridized carbons (Fsp3) is 0.455. The Morgan fingerprint density at radius 3 is 2.68 bits per heavy atom. The Morgan fingerprint density at radius 1 is 1.37 bits per heavy atom. The molecule has 0 unspecified atom stereocenters. The first-order valence-corrected chi connectivity index (χ1v) is 5.54. The average molecular weight is 276 g/mol. The number of alkyl halides is 3. The standard InChI is InChI=1S/C11H11F3N2O3/c12-11(13,14)8-1-2-15-9(7-8)19-10(17)16-3-5-18-6-4-16/h1-2,7H,3-6H2. The first-order valence-electron chi connectivity index (χ1n) is 5.54. The highest BCUT2D eigenvalue weighted by molar-refractivity contribution is 5.70. The third-order valence-electron chi connectivity index (χ3n) is 2.52. The van der Waals surface area contributed by atoms with E-state index in [4.69, 9.17) is 9.47 Å². The highest BCUT2D eigenvalue weighted by atomic mass is 19.4. The SMILES string of the molecule is O=C(Oc1cc(C(F)(F)F)ccn1)N1CCOCC1. The molecule has 0 saturated carbocycles. The minimum atomic E-state index is -4.50. The van der Waals surface area contributed by atoms with Crippen molar-refractivity contribution < 1.29 is 27.4 Å². The van der Waals surface area contributed by atoms with Gasteiger partial charge in [-0.05, 0) is 6.07 Å². The van der Waals surface area contributed by atoms with Gasteiger partial charge >= 0.3 is 12.3 Å². The van der Waals surface area contributed by atoms with Crippen molar-refractivity contribution in [3.8, 4) is 5.88 Å². The Labute approximate surface area is 106 Å². The van der Waals surface area contributed by atoms with Crippen LogP contribution in [0.25, 0.3) is 0 Å². The van der Waals surface area contributed by atoms with Crippen LogP contribution in [0, 0.1) is 0 Å². The Kier molecular flexibility index (Phi) is 3.89. The summed E-state index contributed by atoms with van der Waals surface area (Å²) in [6.45, 7) is 1.45. The normalized spacial score (nSPS) is 16.3. The predicted molar refractivity (Wildman–Crippen MR) is 57.7 cm³/mol. The summed E-state index contributed by atoms with van der Waals surface area (Å²) in [6, 6.07) is 1.50. The zero-order valence-corrected chi connectivity index (χ0v) is 9.81. The molecule has 1 amide bonds. The Bertz CT molecular complexity index is 459. The molecule has 8 heteroatoms. The number of pyridine rings is 1. The molecule has 1 saturated heterocycles. The second-order valence-corrected chi connectivity index (χ2v) is 3.85. The molecule has 1 aliphatic heterocycles. The van der Waals surface area contributed by atoms with Gasteiger partial charge in [0.1, 0.15) is 0 Å². The minimum Gasteiger partial charge on any atom is -0.391 e. The molecule has 5 nitrogen and oxygen atoms in total. The van der Waals surface area contributed by atoms with Gasteiger partial charge in [0.2, 0.25) is 5.88 Å². The minimum absolute atomic E-state index is 0.345. The van der Waals surface area contributed by atoms with E-state index in [9.17, 15) is 18.0 Å². The molecular weight excluding hydrogens is 265 g/mol. The number of morpholine rings is 1. The van der Waals surface area contributed by atoms with Crippen LogP contribution in [-0.4, -0.2) is 42.3 Å². The van der Waals surface area contributed by atoms with E-state index < -0.39 is 17.8 Å². The molecule has 1 fully saturated rings. The molecule has 104 valence electrons. The van der Waals surface area contributed by atoms with E-state index in [0.717, 1.165) is 12.3 Å². The molecule has 0 spiro atoms. The van der Waals surface area contributed by atoms with E-state index in [1.54, 1.807) is 0 Å². The highest BCUT2D eigenvalue weighted by Gasteiger charge is 2.31. The topological polar surface area (TPSA) is 51.7 Å². The Morgan fingerprint density at radius 2 is 2.05 bits per heavy atom. The van der Waals surface area contributed by atoms with Crippen molar-refractivity contribution in [1.82, 2.24) is 9.88 Å². The lowest BCUT2D eigenvalue weighted by atomic mass is 10.2. The van der Waals surface area contributed by atoms with E-state index in [1.807, 2.05) is 0 Å². The monoisotopic (exact) mass is 276 g/mol. The van der Waals surface area contributed by atoms with Crippen molar-refractivity contribution in [2.45, 2.75) is 6.18 Å². The maximum atomic E-state index is 12.5. The van der Waals surface area contributed by atoms with Crippen LogP contribution in [0.15, 0.2) is 18.3 Å². The van der Waals surface area contributed by atoms with Gasteiger partial charge in [-0.1, -0.05) is 0 Å².